The molecule has 4 rings (SSSR count). The number of hydrogen-bond acceptors (Lipinski definition) is 6. The zero-order valence-corrected chi connectivity index (χ0v) is 16.5. The lowest BCUT2D eigenvalue weighted by atomic mass is 10.0. The highest BCUT2D eigenvalue weighted by atomic mass is 16.5. The topological polar surface area (TPSA) is 105 Å². The average molecular weight is 405 g/mol. The lowest BCUT2D eigenvalue weighted by molar-refractivity contribution is -0.144. The van der Waals surface area contributed by atoms with E-state index in [9.17, 15) is 9.90 Å². The first-order valence-corrected chi connectivity index (χ1v) is 9.84. The van der Waals surface area contributed by atoms with E-state index in [1.54, 1.807) is 24.5 Å². The minimum absolute atomic E-state index is 0.0491. The van der Waals surface area contributed by atoms with Gasteiger partial charge in [0.2, 0.25) is 0 Å². The molecule has 0 unspecified atom stereocenters. The summed E-state index contributed by atoms with van der Waals surface area (Å²) >= 11 is 0. The number of rotatable bonds is 7. The number of fused-ring (bicyclic) bond motifs is 1. The van der Waals surface area contributed by atoms with Crippen LogP contribution in [0.5, 0.6) is 5.75 Å². The molecule has 1 aliphatic heterocycles. The van der Waals surface area contributed by atoms with Gasteiger partial charge in [0.05, 0.1) is 0 Å². The normalized spacial score (nSPS) is 16.2. The van der Waals surface area contributed by atoms with Crippen LogP contribution in [0, 0.1) is 11.3 Å². The molecule has 0 spiro atoms. The Kier molecular flexibility index (Phi) is 5.93. The highest BCUT2D eigenvalue weighted by Gasteiger charge is 2.32. The van der Waals surface area contributed by atoms with Crippen molar-refractivity contribution in [1.29, 1.82) is 5.26 Å². The quantitative estimate of drug-likeness (QED) is 0.622. The van der Waals surface area contributed by atoms with Crippen molar-refractivity contribution < 1.29 is 14.6 Å². The molecule has 1 saturated heterocycles. The number of ether oxygens (including phenoxy) is 1. The Balaban J connectivity index is 1.51. The number of nitrogens with zero attached hydrogens (tertiary/aromatic N) is 4. The number of benzene rings is 1. The molecule has 1 aromatic carbocycles. The van der Waals surface area contributed by atoms with Crippen LogP contribution in [0.15, 0.2) is 48.9 Å². The third kappa shape index (κ3) is 4.27. The van der Waals surface area contributed by atoms with Gasteiger partial charge in [-0.3, -0.25) is 19.6 Å². The molecule has 2 aromatic heterocycles. The summed E-state index contributed by atoms with van der Waals surface area (Å²) in [5.74, 6) is -0.324. The van der Waals surface area contributed by atoms with Crippen LogP contribution in [0.25, 0.3) is 10.9 Å². The summed E-state index contributed by atoms with van der Waals surface area (Å²) in [6.45, 7) is 3.66. The number of H-pyrrole nitrogens is 1. The first-order chi connectivity index (χ1) is 14.7. The molecule has 0 saturated carbocycles. The second-order valence-electron chi connectivity index (χ2n) is 7.31. The summed E-state index contributed by atoms with van der Waals surface area (Å²) in [4.78, 5) is 23.9. The van der Waals surface area contributed by atoms with Crippen molar-refractivity contribution in [3.8, 4) is 11.8 Å². The minimum Gasteiger partial charge on any atom is -0.480 e. The second-order valence-corrected chi connectivity index (χ2v) is 7.31. The van der Waals surface area contributed by atoms with Crippen molar-refractivity contribution in [2.24, 2.45) is 0 Å². The van der Waals surface area contributed by atoms with Crippen LogP contribution in [0.4, 0.5) is 0 Å². The molecule has 2 N–H and O–H groups in total. The fourth-order valence-electron chi connectivity index (χ4n) is 3.97. The van der Waals surface area contributed by atoms with Gasteiger partial charge in [0.15, 0.2) is 6.61 Å². The van der Waals surface area contributed by atoms with Gasteiger partial charge in [0.1, 0.15) is 17.9 Å². The number of carboxylic acid groups (broad SMARTS) is 1. The molecular formula is C22H23N5O3. The molecule has 3 aromatic rings. The SMILES string of the molecule is N#CCOc1ccc2[nH]cc([C@@H](C(=O)O)N3CCN(Cc4cccnc4)CC3)c2c1. The minimum atomic E-state index is -0.875. The van der Waals surface area contributed by atoms with Crippen LogP contribution in [0.1, 0.15) is 17.2 Å². The summed E-state index contributed by atoms with van der Waals surface area (Å²) in [7, 11) is 0. The smallest absolute Gasteiger partial charge is 0.325 e. The standard InChI is InChI=1S/C22H23N5O3/c23-5-11-30-17-3-4-20-18(12-17)19(14-25-20)21(22(28)29)27-9-7-26(8-10-27)15-16-2-1-6-24-13-16/h1-4,6,12-14,21,25H,7-11,15H2,(H,28,29)/t21-/m0/s1. The number of carbonyl (C=O) groups is 1. The van der Waals surface area contributed by atoms with Crippen molar-refractivity contribution in [3.63, 3.8) is 0 Å². The average Bonchev–Trinajstić information content (AvgIpc) is 3.17. The summed E-state index contributed by atoms with van der Waals surface area (Å²) < 4.78 is 5.40. The van der Waals surface area contributed by atoms with E-state index in [2.05, 4.69) is 20.9 Å². The van der Waals surface area contributed by atoms with Gasteiger partial charge in [-0.2, -0.15) is 5.26 Å². The number of pyridine rings is 1. The molecule has 0 radical (unpaired) electrons. The predicted molar refractivity (Wildman–Crippen MR) is 111 cm³/mol. The summed E-state index contributed by atoms with van der Waals surface area (Å²) in [5, 5.41) is 19.5. The van der Waals surface area contributed by atoms with Crippen molar-refractivity contribution in [1.82, 2.24) is 19.8 Å². The number of aromatic nitrogens is 2. The van der Waals surface area contributed by atoms with Crippen molar-refractivity contribution >= 4 is 16.9 Å². The monoisotopic (exact) mass is 405 g/mol. The molecule has 1 aliphatic rings. The molecule has 154 valence electrons. The third-order valence-electron chi connectivity index (χ3n) is 5.42. The molecule has 1 fully saturated rings. The van der Waals surface area contributed by atoms with Crippen LogP contribution in [-0.4, -0.2) is 63.6 Å². The zero-order chi connectivity index (χ0) is 20.9. The number of nitriles is 1. The summed E-state index contributed by atoms with van der Waals surface area (Å²) in [5.41, 5.74) is 2.71. The van der Waals surface area contributed by atoms with E-state index in [1.165, 1.54) is 0 Å². The molecule has 30 heavy (non-hydrogen) atoms. The van der Waals surface area contributed by atoms with Gasteiger partial charge in [-0.05, 0) is 29.8 Å². The molecule has 0 aliphatic carbocycles. The molecule has 8 heteroatoms. The number of carboxylic acids is 1. The van der Waals surface area contributed by atoms with Gasteiger partial charge < -0.3 is 14.8 Å². The molecule has 0 bridgehead atoms. The molecule has 1 atom stereocenters. The van der Waals surface area contributed by atoms with Gasteiger partial charge >= 0.3 is 5.97 Å². The Morgan fingerprint density at radius 2 is 2.13 bits per heavy atom. The lowest BCUT2D eigenvalue weighted by Crippen LogP contribution is -2.48. The van der Waals surface area contributed by atoms with Crippen LogP contribution in [0.2, 0.25) is 0 Å². The number of piperazine rings is 1. The van der Waals surface area contributed by atoms with E-state index in [0.717, 1.165) is 36.1 Å². The van der Waals surface area contributed by atoms with Gasteiger partial charge in [0, 0.05) is 67.8 Å². The van der Waals surface area contributed by atoms with E-state index in [0.29, 0.717) is 24.4 Å². The maximum absolute atomic E-state index is 12.2. The van der Waals surface area contributed by atoms with Crippen LogP contribution in [-0.2, 0) is 11.3 Å². The van der Waals surface area contributed by atoms with Crippen LogP contribution in [0.3, 0.4) is 0 Å². The highest BCUT2D eigenvalue weighted by Crippen LogP contribution is 2.32. The first-order valence-electron chi connectivity index (χ1n) is 9.84. The number of hydrogen-bond donors (Lipinski definition) is 2. The zero-order valence-electron chi connectivity index (χ0n) is 16.5. The Morgan fingerprint density at radius 3 is 2.83 bits per heavy atom. The summed E-state index contributed by atoms with van der Waals surface area (Å²) in [6.07, 6.45) is 5.39. The van der Waals surface area contributed by atoms with Gasteiger partial charge in [-0.1, -0.05) is 6.07 Å². The van der Waals surface area contributed by atoms with Gasteiger partial charge in [-0.15, -0.1) is 0 Å². The largest absolute Gasteiger partial charge is 0.480 e. The fourth-order valence-corrected chi connectivity index (χ4v) is 3.97. The highest BCUT2D eigenvalue weighted by molar-refractivity contribution is 5.90. The summed E-state index contributed by atoms with van der Waals surface area (Å²) in [6, 6.07) is 10.6. The Hall–Kier alpha value is -3.41. The molecule has 8 nitrogen and oxygen atoms in total. The Morgan fingerprint density at radius 1 is 1.30 bits per heavy atom. The Labute approximate surface area is 174 Å². The maximum Gasteiger partial charge on any atom is 0.325 e. The Bertz CT molecular complexity index is 1050. The fraction of sp³-hybridized carbons (Fsp3) is 0.318. The van der Waals surface area contributed by atoms with E-state index >= 15 is 0 Å². The van der Waals surface area contributed by atoms with E-state index in [-0.39, 0.29) is 6.61 Å². The van der Waals surface area contributed by atoms with Gasteiger partial charge in [-0.25, -0.2) is 0 Å². The van der Waals surface area contributed by atoms with Crippen LogP contribution >= 0.6 is 0 Å². The van der Waals surface area contributed by atoms with Crippen LogP contribution < -0.4 is 4.74 Å². The molecule has 3 heterocycles. The molecule has 0 amide bonds. The number of nitrogens with one attached hydrogen (secondary N) is 1. The molecular weight excluding hydrogens is 382 g/mol. The number of aromatic amines is 1. The van der Waals surface area contributed by atoms with Crippen molar-refractivity contribution in [3.05, 3.63) is 60.0 Å². The van der Waals surface area contributed by atoms with Crippen molar-refractivity contribution in [2.75, 3.05) is 32.8 Å². The van der Waals surface area contributed by atoms with E-state index < -0.39 is 12.0 Å². The third-order valence-corrected chi connectivity index (χ3v) is 5.42. The first kappa shape index (κ1) is 19.9. The number of aliphatic carboxylic acids is 1. The van der Waals surface area contributed by atoms with Crippen molar-refractivity contribution in [2.45, 2.75) is 12.6 Å². The maximum atomic E-state index is 12.2. The van der Waals surface area contributed by atoms with E-state index in [1.807, 2.05) is 29.3 Å². The predicted octanol–water partition coefficient (Wildman–Crippen LogP) is 2.41. The lowest BCUT2D eigenvalue weighted by Gasteiger charge is -2.37. The van der Waals surface area contributed by atoms with Gasteiger partial charge in [0.25, 0.3) is 0 Å². The van der Waals surface area contributed by atoms with E-state index in [4.69, 9.17) is 10.00 Å². The second kappa shape index (κ2) is 8.95.